The number of aromatic nitrogens is 1. The molecule has 1 aromatic heterocycles. The van der Waals surface area contributed by atoms with Crippen LogP contribution in [0.1, 0.15) is 5.01 Å². The fourth-order valence-electron chi connectivity index (χ4n) is 1.99. The summed E-state index contributed by atoms with van der Waals surface area (Å²) in [5, 5.41) is 14.6. The molecule has 6 heteroatoms. The molecule has 3 rings (SSSR count). The SMILES string of the molecule is N#C/C(=C/Nc1ccc(F)cc1)c1nc(-c2ccc(F)cc2)cs1. The monoisotopic (exact) mass is 339 g/mol. The first-order chi connectivity index (χ1) is 11.7. The van der Waals surface area contributed by atoms with Gasteiger partial charge in [0.1, 0.15) is 28.3 Å². The Morgan fingerprint density at radius 2 is 1.67 bits per heavy atom. The van der Waals surface area contributed by atoms with Crippen molar-refractivity contribution in [2.45, 2.75) is 0 Å². The van der Waals surface area contributed by atoms with E-state index in [1.165, 1.54) is 41.8 Å². The highest BCUT2D eigenvalue weighted by atomic mass is 32.1. The highest BCUT2D eigenvalue weighted by Gasteiger charge is 2.09. The highest BCUT2D eigenvalue weighted by Crippen LogP contribution is 2.26. The van der Waals surface area contributed by atoms with Crippen LogP contribution < -0.4 is 5.32 Å². The average molecular weight is 339 g/mol. The zero-order valence-corrected chi connectivity index (χ0v) is 13.1. The maximum Gasteiger partial charge on any atom is 0.136 e. The average Bonchev–Trinajstić information content (AvgIpc) is 3.08. The van der Waals surface area contributed by atoms with E-state index in [-0.39, 0.29) is 11.6 Å². The van der Waals surface area contributed by atoms with E-state index in [1.54, 1.807) is 24.3 Å². The molecular formula is C18H11F2N3S. The Labute approximate surface area is 141 Å². The molecule has 3 aromatic rings. The Hall–Kier alpha value is -3.04. The lowest BCUT2D eigenvalue weighted by Crippen LogP contribution is -1.91. The van der Waals surface area contributed by atoms with Gasteiger partial charge in [-0.05, 0) is 48.5 Å². The molecule has 0 fully saturated rings. The Kier molecular flexibility index (Phi) is 4.64. The van der Waals surface area contributed by atoms with E-state index in [0.29, 0.717) is 22.0 Å². The Morgan fingerprint density at radius 1 is 1.04 bits per heavy atom. The van der Waals surface area contributed by atoms with Gasteiger partial charge in [0, 0.05) is 22.8 Å². The van der Waals surface area contributed by atoms with Crippen molar-refractivity contribution in [1.82, 2.24) is 4.98 Å². The molecule has 0 unspecified atom stereocenters. The van der Waals surface area contributed by atoms with Gasteiger partial charge in [0.05, 0.1) is 5.69 Å². The van der Waals surface area contributed by atoms with Gasteiger partial charge < -0.3 is 5.32 Å². The summed E-state index contributed by atoms with van der Waals surface area (Å²) < 4.78 is 25.9. The quantitative estimate of drug-likeness (QED) is 0.676. The van der Waals surface area contributed by atoms with Crippen molar-refractivity contribution in [3.63, 3.8) is 0 Å². The van der Waals surface area contributed by atoms with Crippen LogP contribution in [0, 0.1) is 23.0 Å². The standard InChI is InChI=1S/C18H11F2N3S/c19-14-3-1-12(2-4-14)17-11-24-18(23-17)13(9-21)10-22-16-7-5-15(20)6-8-16/h1-8,10-11,22H/b13-10-. The van der Waals surface area contributed by atoms with Crippen LogP contribution in [-0.2, 0) is 0 Å². The number of allylic oxidation sites excluding steroid dienone is 1. The third kappa shape index (κ3) is 3.65. The molecule has 0 aliphatic heterocycles. The molecule has 0 saturated carbocycles. The molecule has 0 saturated heterocycles. The maximum atomic E-state index is 13.0. The zero-order chi connectivity index (χ0) is 16.9. The van der Waals surface area contributed by atoms with Crippen molar-refractivity contribution in [1.29, 1.82) is 5.26 Å². The lowest BCUT2D eigenvalue weighted by Gasteiger charge is -2.01. The summed E-state index contributed by atoms with van der Waals surface area (Å²) in [7, 11) is 0. The minimum atomic E-state index is -0.325. The molecular weight excluding hydrogens is 328 g/mol. The van der Waals surface area contributed by atoms with Crippen LogP contribution >= 0.6 is 11.3 Å². The summed E-state index contributed by atoms with van der Waals surface area (Å²) >= 11 is 1.32. The molecule has 0 atom stereocenters. The summed E-state index contributed by atoms with van der Waals surface area (Å²) in [6, 6.07) is 13.9. The summed E-state index contributed by atoms with van der Waals surface area (Å²) in [5.74, 6) is -0.635. The van der Waals surface area contributed by atoms with Gasteiger partial charge in [-0.15, -0.1) is 11.3 Å². The van der Waals surface area contributed by atoms with E-state index < -0.39 is 0 Å². The van der Waals surface area contributed by atoms with Gasteiger partial charge in [-0.3, -0.25) is 0 Å². The second-order valence-corrected chi connectivity index (χ2v) is 5.72. The van der Waals surface area contributed by atoms with Gasteiger partial charge in [-0.25, -0.2) is 13.8 Å². The number of nitrogens with one attached hydrogen (secondary N) is 1. The van der Waals surface area contributed by atoms with E-state index in [2.05, 4.69) is 16.4 Å². The van der Waals surface area contributed by atoms with Gasteiger partial charge >= 0.3 is 0 Å². The number of benzene rings is 2. The molecule has 24 heavy (non-hydrogen) atoms. The minimum Gasteiger partial charge on any atom is -0.360 e. The third-order valence-electron chi connectivity index (χ3n) is 3.22. The Balaban J connectivity index is 1.81. The van der Waals surface area contributed by atoms with Gasteiger partial charge in [-0.1, -0.05) is 0 Å². The topological polar surface area (TPSA) is 48.7 Å². The second-order valence-electron chi connectivity index (χ2n) is 4.87. The van der Waals surface area contributed by atoms with Gasteiger partial charge in [0.15, 0.2) is 0 Å². The molecule has 0 aliphatic carbocycles. The van der Waals surface area contributed by atoms with Crippen LogP contribution in [0.2, 0.25) is 0 Å². The number of hydrogen-bond acceptors (Lipinski definition) is 4. The Morgan fingerprint density at radius 3 is 2.29 bits per heavy atom. The number of hydrogen-bond donors (Lipinski definition) is 1. The predicted molar refractivity (Wildman–Crippen MR) is 91.1 cm³/mol. The Bertz CT molecular complexity index is 907. The van der Waals surface area contributed by atoms with Crippen molar-refractivity contribution >= 4 is 22.6 Å². The molecule has 3 nitrogen and oxygen atoms in total. The van der Waals surface area contributed by atoms with Crippen molar-refractivity contribution < 1.29 is 8.78 Å². The maximum absolute atomic E-state index is 13.0. The van der Waals surface area contributed by atoms with Crippen LogP contribution in [0.15, 0.2) is 60.1 Å². The molecule has 0 aliphatic rings. The molecule has 2 aromatic carbocycles. The van der Waals surface area contributed by atoms with E-state index in [0.717, 1.165) is 5.56 Å². The number of halogens is 2. The highest BCUT2D eigenvalue weighted by molar-refractivity contribution is 7.11. The summed E-state index contributed by atoms with van der Waals surface area (Å²) in [4.78, 5) is 4.41. The predicted octanol–water partition coefficient (Wildman–Crippen LogP) is 5.06. The number of nitriles is 1. The molecule has 0 radical (unpaired) electrons. The minimum absolute atomic E-state index is 0.310. The normalized spacial score (nSPS) is 11.1. The molecule has 0 amide bonds. The lowest BCUT2D eigenvalue weighted by atomic mass is 10.2. The largest absolute Gasteiger partial charge is 0.360 e. The van der Waals surface area contributed by atoms with Crippen LogP contribution in [0.4, 0.5) is 14.5 Å². The van der Waals surface area contributed by atoms with Crippen LogP contribution in [0.5, 0.6) is 0 Å². The second kappa shape index (κ2) is 7.02. The summed E-state index contributed by atoms with van der Waals surface area (Å²) in [5.41, 5.74) is 2.48. The summed E-state index contributed by atoms with van der Waals surface area (Å²) in [6.45, 7) is 0. The number of anilines is 1. The van der Waals surface area contributed by atoms with Crippen LogP contribution in [-0.4, -0.2) is 4.98 Å². The van der Waals surface area contributed by atoms with Crippen LogP contribution in [0.3, 0.4) is 0 Å². The number of nitrogens with zero attached hydrogens (tertiary/aromatic N) is 2. The summed E-state index contributed by atoms with van der Waals surface area (Å²) in [6.07, 6.45) is 1.53. The van der Waals surface area contributed by atoms with E-state index in [1.807, 2.05) is 5.38 Å². The van der Waals surface area contributed by atoms with Crippen molar-refractivity contribution in [3.05, 3.63) is 76.8 Å². The first kappa shape index (κ1) is 15.8. The smallest absolute Gasteiger partial charge is 0.136 e. The van der Waals surface area contributed by atoms with Crippen molar-refractivity contribution in [2.75, 3.05) is 5.32 Å². The molecule has 118 valence electrons. The van der Waals surface area contributed by atoms with E-state index in [9.17, 15) is 14.0 Å². The number of thiazole rings is 1. The van der Waals surface area contributed by atoms with Crippen LogP contribution in [0.25, 0.3) is 16.8 Å². The van der Waals surface area contributed by atoms with E-state index >= 15 is 0 Å². The van der Waals surface area contributed by atoms with Gasteiger partial charge in [-0.2, -0.15) is 5.26 Å². The first-order valence-electron chi connectivity index (χ1n) is 7.00. The third-order valence-corrected chi connectivity index (χ3v) is 4.10. The van der Waals surface area contributed by atoms with E-state index in [4.69, 9.17) is 0 Å². The van der Waals surface area contributed by atoms with Gasteiger partial charge in [0.2, 0.25) is 0 Å². The zero-order valence-electron chi connectivity index (χ0n) is 12.3. The fraction of sp³-hybridized carbons (Fsp3) is 0. The molecule has 1 heterocycles. The van der Waals surface area contributed by atoms with Crippen molar-refractivity contribution in [3.8, 4) is 17.3 Å². The molecule has 0 bridgehead atoms. The molecule has 1 N–H and O–H groups in total. The lowest BCUT2D eigenvalue weighted by molar-refractivity contribution is 0.627. The fourth-order valence-corrected chi connectivity index (χ4v) is 2.79. The first-order valence-corrected chi connectivity index (χ1v) is 7.88. The molecule has 0 spiro atoms. The van der Waals surface area contributed by atoms with Gasteiger partial charge in [0.25, 0.3) is 0 Å². The number of rotatable bonds is 4. The van der Waals surface area contributed by atoms with Crippen molar-refractivity contribution in [2.24, 2.45) is 0 Å².